The van der Waals surface area contributed by atoms with Crippen molar-refractivity contribution in [2.75, 3.05) is 19.6 Å². The Hall–Kier alpha value is -2.35. The summed E-state index contributed by atoms with van der Waals surface area (Å²) in [6.07, 6.45) is 1.67. The Bertz CT molecular complexity index is 845. The zero-order valence-corrected chi connectivity index (χ0v) is 15.3. The summed E-state index contributed by atoms with van der Waals surface area (Å²) in [4.78, 5) is 14.6. The van der Waals surface area contributed by atoms with Gasteiger partial charge in [-0.3, -0.25) is 4.79 Å². The molecule has 1 N–H and O–H groups in total. The quantitative estimate of drug-likeness (QED) is 0.893. The molecule has 2 aliphatic heterocycles. The van der Waals surface area contributed by atoms with E-state index in [0.29, 0.717) is 24.6 Å². The lowest BCUT2D eigenvalue weighted by Gasteiger charge is -2.33. The maximum atomic E-state index is 13.5. The monoisotopic (exact) mass is 375 g/mol. The molecule has 27 heavy (non-hydrogen) atoms. The van der Waals surface area contributed by atoms with E-state index in [9.17, 15) is 13.6 Å². The molecular formula is C19H23F2N5O. The first kappa shape index (κ1) is 18.0. The fourth-order valence-electron chi connectivity index (χ4n) is 3.97. The third kappa shape index (κ3) is 3.45. The molecule has 4 rings (SSSR count). The van der Waals surface area contributed by atoms with Gasteiger partial charge in [0.05, 0.1) is 12.5 Å². The highest BCUT2D eigenvalue weighted by atomic mass is 19.2. The van der Waals surface area contributed by atoms with Crippen LogP contribution in [0.2, 0.25) is 0 Å². The van der Waals surface area contributed by atoms with E-state index in [0.717, 1.165) is 56.3 Å². The lowest BCUT2D eigenvalue weighted by molar-refractivity contribution is -0.133. The molecule has 0 bridgehead atoms. The van der Waals surface area contributed by atoms with Gasteiger partial charge in [-0.25, -0.2) is 8.78 Å². The summed E-state index contributed by atoms with van der Waals surface area (Å²) in [6, 6.07) is 3.66. The molecule has 0 spiro atoms. The van der Waals surface area contributed by atoms with Crippen molar-refractivity contribution in [1.82, 2.24) is 25.0 Å². The second kappa shape index (κ2) is 7.34. The van der Waals surface area contributed by atoms with Crippen molar-refractivity contribution >= 4 is 5.91 Å². The summed E-state index contributed by atoms with van der Waals surface area (Å²) in [5.74, 6) is -0.0700. The Labute approximate surface area is 156 Å². The number of nitrogens with one attached hydrogen (secondary N) is 1. The maximum absolute atomic E-state index is 13.5. The smallest absolute Gasteiger partial charge is 0.229 e. The summed E-state index contributed by atoms with van der Waals surface area (Å²) in [7, 11) is 0. The number of carbonyl (C=O) groups excluding carboxylic acids is 1. The summed E-state index contributed by atoms with van der Waals surface area (Å²) >= 11 is 0. The molecule has 8 heteroatoms. The predicted octanol–water partition coefficient (Wildman–Crippen LogP) is 2.17. The molecule has 3 heterocycles. The number of likely N-dealkylation sites (tertiary alicyclic amines) is 1. The molecule has 6 nitrogen and oxygen atoms in total. The van der Waals surface area contributed by atoms with Gasteiger partial charge < -0.3 is 14.8 Å². The largest absolute Gasteiger partial charge is 0.342 e. The van der Waals surface area contributed by atoms with Gasteiger partial charge in [0.2, 0.25) is 5.91 Å². The van der Waals surface area contributed by atoms with E-state index < -0.39 is 17.6 Å². The SMILES string of the molecule is CC(C(=O)N1CCC(c2nnc3n2CCNC3)CC1)c1ccc(F)c(F)c1. The van der Waals surface area contributed by atoms with Gasteiger partial charge in [0.1, 0.15) is 11.6 Å². The van der Waals surface area contributed by atoms with Crippen molar-refractivity contribution in [3.63, 3.8) is 0 Å². The Morgan fingerprint density at radius 3 is 2.70 bits per heavy atom. The second-order valence-electron chi connectivity index (χ2n) is 7.30. The highest BCUT2D eigenvalue weighted by Crippen LogP contribution is 2.30. The molecular weight excluding hydrogens is 352 g/mol. The molecule has 1 fully saturated rings. The van der Waals surface area contributed by atoms with Crippen molar-refractivity contribution in [2.24, 2.45) is 0 Å². The molecule has 1 unspecified atom stereocenters. The summed E-state index contributed by atoms with van der Waals surface area (Å²) in [6.45, 7) is 5.56. The second-order valence-corrected chi connectivity index (χ2v) is 7.30. The zero-order valence-electron chi connectivity index (χ0n) is 15.3. The number of fused-ring (bicyclic) bond motifs is 1. The number of piperidine rings is 1. The molecule has 2 aromatic rings. The zero-order chi connectivity index (χ0) is 19.0. The lowest BCUT2D eigenvalue weighted by Crippen LogP contribution is -2.40. The van der Waals surface area contributed by atoms with E-state index >= 15 is 0 Å². The molecule has 0 radical (unpaired) electrons. The van der Waals surface area contributed by atoms with Gasteiger partial charge in [0.25, 0.3) is 0 Å². The van der Waals surface area contributed by atoms with Crippen LogP contribution < -0.4 is 5.32 Å². The fraction of sp³-hybridized carbons (Fsp3) is 0.526. The van der Waals surface area contributed by atoms with Crippen molar-refractivity contribution in [1.29, 1.82) is 0 Å². The number of rotatable bonds is 3. The average molecular weight is 375 g/mol. The van der Waals surface area contributed by atoms with Crippen molar-refractivity contribution in [3.8, 4) is 0 Å². The first-order valence-corrected chi connectivity index (χ1v) is 9.41. The number of aromatic nitrogens is 3. The Morgan fingerprint density at radius 2 is 1.96 bits per heavy atom. The van der Waals surface area contributed by atoms with E-state index in [1.165, 1.54) is 6.07 Å². The molecule has 1 saturated heterocycles. The number of benzene rings is 1. The van der Waals surface area contributed by atoms with E-state index in [4.69, 9.17) is 0 Å². The molecule has 2 aliphatic rings. The van der Waals surface area contributed by atoms with E-state index in [2.05, 4.69) is 20.1 Å². The number of amides is 1. The van der Waals surface area contributed by atoms with Crippen LogP contribution in [-0.2, 0) is 17.9 Å². The van der Waals surface area contributed by atoms with Crippen molar-refractivity contribution < 1.29 is 13.6 Å². The van der Waals surface area contributed by atoms with Gasteiger partial charge in [0, 0.05) is 32.1 Å². The van der Waals surface area contributed by atoms with Gasteiger partial charge in [-0.2, -0.15) is 0 Å². The first-order valence-electron chi connectivity index (χ1n) is 9.41. The minimum Gasteiger partial charge on any atom is -0.342 e. The third-order valence-electron chi connectivity index (χ3n) is 5.64. The summed E-state index contributed by atoms with van der Waals surface area (Å²) in [5, 5.41) is 11.9. The highest BCUT2D eigenvalue weighted by Gasteiger charge is 2.30. The van der Waals surface area contributed by atoms with Crippen LogP contribution in [0, 0.1) is 11.6 Å². The molecule has 1 aromatic heterocycles. The average Bonchev–Trinajstić information content (AvgIpc) is 3.13. The van der Waals surface area contributed by atoms with Crippen LogP contribution in [0.3, 0.4) is 0 Å². The third-order valence-corrected chi connectivity index (χ3v) is 5.64. The van der Waals surface area contributed by atoms with Gasteiger partial charge in [-0.15, -0.1) is 10.2 Å². The number of halogens is 2. The molecule has 1 atom stereocenters. The molecule has 0 aliphatic carbocycles. The number of nitrogens with zero attached hydrogens (tertiary/aromatic N) is 4. The molecule has 1 amide bonds. The van der Waals surface area contributed by atoms with Crippen LogP contribution in [0.1, 0.15) is 48.8 Å². The number of carbonyl (C=O) groups is 1. The number of hydrogen-bond acceptors (Lipinski definition) is 4. The Kier molecular flexibility index (Phi) is 4.90. The fourth-order valence-corrected chi connectivity index (χ4v) is 3.97. The van der Waals surface area contributed by atoms with Crippen LogP contribution in [0.4, 0.5) is 8.78 Å². The van der Waals surface area contributed by atoms with E-state index in [1.54, 1.807) is 6.92 Å². The van der Waals surface area contributed by atoms with Crippen LogP contribution >= 0.6 is 0 Å². The van der Waals surface area contributed by atoms with Gasteiger partial charge >= 0.3 is 0 Å². The van der Waals surface area contributed by atoms with E-state index in [-0.39, 0.29) is 5.91 Å². The van der Waals surface area contributed by atoms with Gasteiger partial charge in [-0.1, -0.05) is 6.07 Å². The van der Waals surface area contributed by atoms with Crippen LogP contribution in [-0.4, -0.2) is 45.2 Å². The lowest BCUT2D eigenvalue weighted by atomic mass is 9.93. The van der Waals surface area contributed by atoms with Crippen LogP contribution in [0.15, 0.2) is 18.2 Å². The summed E-state index contributed by atoms with van der Waals surface area (Å²) < 4.78 is 28.8. The first-order chi connectivity index (χ1) is 13.0. The minimum absolute atomic E-state index is 0.0491. The molecule has 1 aromatic carbocycles. The molecule has 0 saturated carbocycles. The van der Waals surface area contributed by atoms with E-state index in [1.807, 2.05) is 4.90 Å². The highest BCUT2D eigenvalue weighted by molar-refractivity contribution is 5.83. The topological polar surface area (TPSA) is 63.1 Å². The number of hydrogen-bond donors (Lipinski definition) is 1. The van der Waals surface area contributed by atoms with Gasteiger partial charge in [-0.05, 0) is 37.5 Å². The Morgan fingerprint density at radius 1 is 1.19 bits per heavy atom. The minimum atomic E-state index is -0.920. The standard InChI is InChI=1S/C19H23F2N5O/c1-12(14-2-3-15(20)16(21)10-14)19(27)25-7-4-13(5-8-25)18-24-23-17-11-22-6-9-26(17)18/h2-3,10,12-13,22H,4-9,11H2,1H3. The van der Waals surface area contributed by atoms with Gasteiger partial charge in [0.15, 0.2) is 11.6 Å². The van der Waals surface area contributed by atoms with Crippen molar-refractivity contribution in [2.45, 2.75) is 44.7 Å². The van der Waals surface area contributed by atoms with Crippen LogP contribution in [0.5, 0.6) is 0 Å². The van der Waals surface area contributed by atoms with Crippen molar-refractivity contribution in [3.05, 3.63) is 47.0 Å². The predicted molar refractivity (Wildman–Crippen MR) is 95.1 cm³/mol. The maximum Gasteiger partial charge on any atom is 0.229 e. The summed E-state index contributed by atoms with van der Waals surface area (Å²) in [5.41, 5.74) is 0.500. The normalized spacial score (nSPS) is 19.0. The van der Waals surface area contributed by atoms with Crippen LogP contribution in [0.25, 0.3) is 0 Å². The Balaban J connectivity index is 1.40. The molecule has 144 valence electrons.